The molecule has 0 bridgehead atoms. The van der Waals surface area contributed by atoms with Gasteiger partial charge in [0.1, 0.15) is 19.0 Å². The SMILES string of the molecule is CCn1cnnc1[C@@H]1CN(C(=O)Cn2ncc3ccccc32)CCO1. The molecule has 1 saturated heterocycles. The average Bonchev–Trinajstić information content (AvgIpc) is 3.29. The first-order valence-corrected chi connectivity index (χ1v) is 8.44. The van der Waals surface area contributed by atoms with Gasteiger partial charge in [0.15, 0.2) is 5.82 Å². The van der Waals surface area contributed by atoms with Crippen molar-refractivity contribution in [2.24, 2.45) is 0 Å². The van der Waals surface area contributed by atoms with Gasteiger partial charge in [-0.2, -0.15) is 5.10 Å². The van der Waals surface area contributed by atoms with Crippen LogP contribution in [0.1, 0.15) is 18.9 Å². The molecular formula is C17H20N6O2. The van der Waals surface area contributed by atoms with Crippen LogP contribution in [-0.4, -0.2) is 55.0 Å². The Balaban J connectivity index is 1.48. The average molecular weight is 340 g/mol. The lowest BCUT2D eigenvalue weighted by Crippen LogP contribution is -2.44. The van der Waals surface area contributed by atoms with E-state index in [-0.39, 0.29) is 18.6 Å². The molecule has 3 heterocycles. The maximum atomic E-state index is 12.7. The Morgan fingerprint density at radius 3 is 3.12 bits per heavy atom. The van der Waals surface area contributed by atoms with Gasteiger partial charge in [-0.1, -0.05) is 18.2 Å². The normalized spacial score (nSPS) is 18.0. The van der Waals surface area contributed by atoms with Crippen LogP contribution in [0.25, 0.3) is 10.9 Å². The molecule has 1 aliphatic heterocycles. The van der Waals surface area contributed by atoms with E-state index in [4.69, 9.17) is 4.74 Å². The summed E-state index contributed by atoms with van der Waals surface area (Å²) in [5.41, 5.74) is 0.964. The number of aromatic nitrogens is 5. The van der Waals surface area contributed by atoms with Gasteiger partial charge in [-0.15, -0.1) is 10.2 Å². The number of rotatable bonds is 4. The first-order chi connectivity index (χ1) is 12.3. The number of hydrogen-bond donors (Lipinski definition) is 0. The first kappa shape index (κ1) is 15.8. The molecule has 4 rings (SSSR count). The van der Waals surface area contributed by atoms with Crippen molar-refractivity contribution >= 4 is 16.8 Å². The van der Waals surface area contributed by atoms with E-state index in [1.165, 1.54) is 0 Å². The molecule has 0 saturated carbocycles. The molecule has 1 atom stereocenters. The van der Waals surface area contributed by atoms with Crippen molar-refractivity contribution in [3.63, 3.8) is 0 Å². The Bertz CT molecular complexity index is 886. The maximum absolute atomic E-state index is 12.7. The summed E-state index contributed by atoms with van der Waals surface area (Å²) in [6, 6.07) is 7.88. The van der Waals surface area contributed by atoms with E-state index in [1.807, 2.05) is 40.7 Å². The minimum atomic E-state index is -0.241. The predicted octanol–water partition coefficient (Wildman–Crippen LogP) is 1.25. The minimum absolute atomic E-state index is 0.0321. The lowest BCUT2D eigenvalue weighted by atomic mass is 10.2. The number of carbonyl (C=O) groups excluding carboxylic acids is 1. The van der Waals surface area contributed by atoms with E-state index < -0.39 is 0 Å². The van der Waals surface area contributed by atoms with E-state index in [2.05, 4.69) is 15.3 Å². The predicted molar refractivity (Wildman–Crippen MR) is 90.7 cm³/mol. The monoisotopic (exact) mass is 340 g/mol. The fraction of sp³-hybridized carbons (Fsp3) is 0.412. The van der Waals surface area contributed by atoms with Crippen molar-refractivity contribution in [2.75, 3.05) is 19.7 Å². The summed E-state index contributed by atoms with van der Waals surface area (Å²) >= 11 is 0. The third kappa shape index (κ3) is 3.00. The zero-order valence-corrected chi connectivity index (χ0v) is 14.1. The highest BCUT2D eigenvalue weighted by atomic mass is 16.5. The molecule has 0 N–H and O–H groups in total. The molecule has 1 fully saturated rings. The number of benzene rings is 1. The summed E-state index contributed by atoms with van der Waals surface area (Å²) in [7, 11) is 0. The van der Waals surface area contributed by atoms with Crippen molar-refractivity contribution in [3.8, 4) is 0 Å². The molecule has 2 aromatic heterocycles. The zero-order valence-electron chi connectivity index (χ0n) is 14.1. The number of para-hydroxylation sites is 1. The second-order valence-corrected chi connectivity index (χ2v) is 6.04. The summed E-state index contributed by atoms with van der Waals surface area (Å²) in [6.45, 7) is 4.58. The molecule has 8 heteroatoms. The smallest absolute Gasteiger partial charge is 0.244 e. The molecule has 0 radical (unpaired) electrons. The van der Waals surface area contributed by atoms with Crippen molar-refractivity contribution in [2.45, 2.75) is 26.1 Å². The topological polar surface area (TPSA) is 78.1 Å². The number of nitrogens with zero attached hydrogens (tertiary/aromatic N) is 6. The van der Waals surface area contributed by atoms with Gasteiger partial charge in [0.05, 0.1) is 24.9 Å². The van der Waals surface area contributed by atoms with E-state index in [1.54, 1.807) is 17.2 Å². The number of morpholine rings is 1. The fourth-order valence-electron chi connectivity index (χ4n) is 3.17. The summed E-state index contributed by atoms with van der Waals surface area (Å²) in [6.07, 6.45) is 3.23. The van der Waals surface area contributed by atoms with Crippen molar-refractivity contribution in [1.82, 2.24) is 29.4 Å². The highest BCUT2D eigenvalue weighted by molar-refractivity contribution is 5.82. The summed E-state index contributed by atoms with van der Waals surface area (Å²) in [5.74, 6) is 0.800. The van der Waals surface area contributed by atoms with E-state index >= 15 is 0 Å². The van der Waals surface area contributed by atoms with Crippen molar-refractivity contribution in [1.29, 1.82) is 0 Å². The number of ether oxygens (including phenoxy) is 1. The van der Waals surface area contributed by atoms with Gasteiger partial charge in [-0.05, 0) is 13.0 Å². The molecule has 8 nitrogen and oxygen atoms in total. The number of aryl methyl sites for hydroxylation is 1. The molecule has 1 amide bonds. The highest BCUT2D eigenvalue weighted by Crippen LogP contribution is 2.21. The van der Waals surface area contributed by atoms with Gasteiger partial charge in [-0.3, -0.25) is 9.48 Å². The van der Waals surface area contributed by atoms with Crippen LogP contribution in [0.15, 0.2) is 36.8 Å². The van der Waals surface area contributed by atoms with Gasteiger partial charge in [0.2, 0.25) is 5.91 Å². The van der Waals surface area contributed by atoms with Gasteiger partial charge < -0.3 is 14.2 Å². The molecule has 1 aliphatic rings. The van der Waals surface area contributed by atoms with Gasteiger partial charge >= 0.3 is 0 Å². The highest BCUT2D eigenvalue weighted by Gasteiger charge is 2.28. The standard InChI is InChI=1S/C17H20N6O2/c1-2-21-12-18-20-17(21)15-10-22(7-8-25-15)16(24)11-23-14-6-4-3-5-13(14)9-19-23/h3-6,9,12,15H,2,7-8,10-11H2,1H3/t15-/m0/s1. The van der Waals surface area contributed by atoms with Crippen LogP contribution in [0.2, 0.25) is 0 Å². The van der Waals surface area contributed by atoms with Gasteiger partial charge in [0.25, 0.3) is 0 Å². The third-order valence-electron chi connectivity index (χ3n) is 4.53. The van der Waals surface area contributed by atoms with Crippen LogP contribution in [0.3, 0.4) is 0 Å². The summed E-state index contributed by atoms with van der Waals surface area (Å²) < 4.78 is 9.50. The van der Waals surface area contributed by atoms with E-state index in [0.717, 1.165) is 23.3 Å². The number of carbonyl (C=O) groups is 1. The lowest BCUT2D eigenvalue weighted by molar-refractivity contribution is -0.140. The minimum Gasteiger partial charge on any atom is -0.366 e. The van der Waals surface area contributed by atoms with Crippen LogP contribution < -0.4 is 0 Å². The first-order valence-electron chi connectivity index (χ1n) is 8.44. The second-order valence-electron chi connectivity index (χ2n) is 6.04. The van der Waals surface area contributed by atoms with Gasteiger partial charge in [-0.25, -0.2) is 0 Å². The van der Waals surface area contributed by atoms with Crippen LogP contribution in [0.5, 0.6) is 0 Å². The maximum Gasteiger partial charge on any atom is 0.244 e. The van der Waals surface area contributed by atoms with Crippen molar-refractivity contribution in [3.05, 3.63) is 42.6 Å². The zero-order chi connectivity index (χ0) is 17.2. The van der Waals surface area contributed by atoms with Crippen LogP contribution in [-0.2, 0) is 22.6 Å². The van der Waals surface area contributed by atoms with Crippen LogP contribution in [0.4, 0.5) is 0 Å². The molecule has 1 aromatic carbocycles. The summed E-state index contributed by atoms with van der Waals surface area (Å²) in [5, 5.41) is 13.5. The van der Waals surface area contributed by atoms with Crippen LogP contribution >= 0.6 is 0 Å². The molecule has 0 aliphatic carbocycles. The Kier molecular flexibility index (Phi) is 4.19. The Morgan fingerprint density at radius 2 is 2.24 bits per heavy atom. The van der Waals surface area contributed by atoms with Crippen LogP contribution in [0, 0.1) is 0 Å². The van der Waals surface area contributed by atoms with E-state index in [0.29, 0.717) is 19.7 Å². The lowest BCUT2D eigenvalue weighted by Gasteiger charge is -2.32. The molecule has 130 valence electrons. The molecule has 0 unspecified atom stereocenters. The Morgan fingerprint density at radius 1 is 1.36 bits per heavy atom. The molecule has 3 aromatic rings. The number of fused-ring (bicyclic) bond motifs is 1. The number of amides is 1. The third-order valence-corrected chi connectivity index (χ3v) is 4.53. The Hall–Kier alpha value is -2.74. The Labute approximate surface area is 145 Å². The fourth-order valence-corrected chi connectivity index (χ4v) is 3.17. The van der Waals surface area contributed by atoms with Gasteiger partial charge in [0, 0.05) is 18.5 Å². The summed E-state index contributed by atoms with van der Waals surface area (Å²) in [4.78, 5) is 14.6. The van der Waals surface area contributed by atoms with E-state index in [9.17, 15) is 4.79 Å². The number of hydrogen-bond acceptors (Lipinski definition) is 5. The molecular weight excluding hydrogens is 320 g/mol. The molecule has 0 spiro atoms. The largest absolute Gasteiger partial charge is 0.366 e. The quantitative estimate of drug-likeness (QED) is 0.714. The second kappa shape index (κ2) is 6.64. The molecule has 25 heavy (non-hydrogen) atoms. The van der Waals surface area contributed by atoms with Crippen molar-refractivity contribution < 1.29 is 9.53 Å².